The van der Waals surface area contributed by atoms with Gasteiger partial charge in [0.05, 0.1) is 0 Å². The lowest BCUT2D eigenvalue weighted by molar-refractivity contribution is -0.157. The van der Waals surface area contributed by atoms with E-state index in [4.69, 9.17) is 4.74 Å². The Labute approximate surface area is 85.3 Å². The number of hydrogen-bond acceptors (Lipinski definition) is 2. The molecule has 2 rings (SSSR count). The van der Waals surface area contributed by atoms with Crippen molar-refractivity contribution < 1.29 is 9.53 Å². The van der Waals surface area contributed by atoms with Crippen LogP contribution in [0.5, 0.6) is 0 Å². The van der Waals surface area contributed by atoms with E-state index in [-0.39, 0.29) is 12.1 Å². The van der Waals surface area contributed by atoms with Crippen molar-refractivity contribution in [2.24, 2.45) is 11.8 Å². The Balaban J connectivity index is 1.94. The van der Waals surface area contributed by atoms with Crippen LogP contribution in [0.3, 0.4) is 0 Å². The van der Waals surface area contributed by atoms with Gasteiger partial charge in [-0.1, -0.05) is 19.1 Å². The number of rotatable bonds is 3. The smallest absolute Gasteiger partial charge is 0.306 e. The Morgan fingerprint density at radius 2 is 2.29 bits per heavy atom. The van der Waals surface area contributed by atoms with E-state index >= 15 is 0 Å². The van der Waals surface area contributed by atoms with E-state index in [1.54, 1.807) is 0 Å². The lowest BCUT2D eigenvalue weighted by Gasteiger charge is -2.28. The highest BCUT2D eigenvalue weighted by molar-refractivity contribution is 5.71. The fourth-order valence-corrected chi connectivity index (χ4v) is 2.71. The molecule has 14 heavy (non-hydrogen) atoms. The van der Waals surface area contributed by atoms with Crippen molar-refractivity contribution in [1.82, 2.24) is 0 Å². The van der Waals surface area contributed by atoms with Crippen LogP contribution in [0.15, 0.2) is 12.2 Å². The summed E-state index contributed by atoms with van der Waals surface area (Å²) in [5, 5.41) is 0. The molecule has 1 heterocycles. The van der Waals surface area contributed by atoms with Crippen LogP contribution in [0.25, 0.3) is 0 Å². The van der Waals surface area contributed by atoms with Gasteiger partial charge in [0.25, 0.3) is 0 Å². The third-order valence-corrected chi connectivity index (χ3v) is 3.43. The zero-order chi connectivity index (χ0) is 9.97. The molecule has 0 unspecified atom stereocenters. The Morgan fingerprint density at radius 1 is 1.43 bits per heavy atom. The molecule has 0 aromatic rings. The third-order valence-electron chi connectivity index (χ3n) is 3.43. The minimum Gasteiger partial charge on any atom is -0.462 e. The third kappa shape index (κ3) is 1.84. The van der Waals surface area contributed by atoms with Crippen LogP contribution >= 0.6 is 0 Å². The van der Waals surface area contributed by atoms with Crippen molar-refractivity contribution in [3.63, 3.8) is 0 Å². The van der Waals surface area contributed by atoms with E-state index in [1.165, 1.54) is 6.42 Å². The summed E-state index contributed by atoms with van der Waals surface area (Å²) in [6.45, 7) is 2.14. The van der Waals surface area contributed by atoms with Crippen molar-refractivity contribution in [3.8, 4) is 0 Å². The summed E-state index contributed by atoms with van der Waals surface area (Å²) in [4.78, 5) is 11.2. The van der Waals surface area contributed by atoms with Crippen molar-refractivity contribution in [3.05, 3.63) is 12.2 Å². The van der Waals surface area contributed by atoms with Gasteiger partial charge in [-0.3, -0.25) is 4.79 Å². The highest BCUT2D eigenvalue weighted by Crippen LogP contribution is 2.42. The SMILES string of the molecule is CC/C=C\C[C@H]1[C@@H]2CC[C@H]1OC(=O)C2. The van der Waals surface area contributed by atoms with Gasteiger partial charge in [-0.05, 0) is 31.6 Å². The maximum atomic E-state index is 11.2. The molecule has 1 aliphatic carbocycles. The summed E-state index contributed by atoms with van der Waals surface area (Å²) in [5.74, 6) is 1.23. The van der Waals surface area contributed by atoms with Gasteiger partial charge in [-0.15, -0.1) is 0 Å². The maximum Gasteiger partial charge on any atom is 0.306 e. The molecule has 1 saturated heterocycles. The van der Waals surface area contributed by atoms with Crippen molar-refractivity contribution >= 4 is 5.97 Å². The molecular weight excluding hydrogens is 176 g/mol. The normalized spacial score (nSPS) is 36.4. The molecule has 0 amide bonds. The quantitative estimate of drug-likeness (QED) is 0.510. The van der Waals surface area contributed by atoms with E-state index in [9.17, 15) is 4.79 Å². The fraction of sp³-hybridized carbons (Fsp3) is 0.750. The van der Waals surface area contributed by atoms with E-state index in [2.05, 4.69) is 19.1 Å². The minimum absolute atomic E-state index is 0.0215. The minimum atomic E-state index is 0.0215. The number of ether oxygens (including phenoxy) is 1. The molecule has 0 radical (unpaired) electrons. The lowest BCUT2D eigenvalue weighted by atomic mass is 9.87. The van der Waals surface area contributed by atoms with E-state index in [0.717, 1.165) is 19.3 Å². The van der Waals surface area contributed by atoms with Crippen molar-refractivity contribution in [2.75, 3.05) is 0 Å². The second kappa shape index (κ2) is 4.16. The van der Waals surface area contributed by atoms with Gasteiger partial charge in [-0.2, -0.15) is 0 Å². The molecule has 1 aliphatic heterocycles. The summed E-state index contributed by atoms with van der Waals surface area (Å²) in [7, 11) is 0. The lowest BCUT2D eigenvalue weighted by Crippen LogP contribution is -2.31. The van der Waals surface area contributed by atoms with Crippen molar-refractivity contribution in [1.29, 1.82) is 0 Å². The maximum absolute atomic E-state index is 11.2. The number of carbonyl (C=O) groups excluding carboxylic acids is 1. The van der Waals surface area contributed by atoms with Gasteiger partial charge in [0.2, 0.25) is 0 Å². The highest BCUT2D eigenvalue weighted by Gasteiger charge is 2.42. The molecule has 3 atom stereocenters. The summed E-state index contributed by atoms with van der Waals surface area (Å²) in [5.41, 5.74) is 0. The molecule has 0 aromatic heterocycles. The molecule has 2 bridgehead atoms. The first-order valence-electron chi connectivity index (χ1n) is 5.65. The second-order valence-electron chi connectivity index (χ2n) is 4.35. The van der Waals surface area contributed by atoms with Gasteiger partial charge in [-0.25, -0.2) is 0 Å². The van der Waals surface area contributed by atoms with Gasteiger partial charge in [0.15, 0.2) is 0 Å². The van der Waals surface area contributed by atoms with Crippen LogP contribution < -0.4 is 0 Å². The average molecular weight is 194 g/mol. The molecular formula is C12H18O2. The molecule has 0 N–H and O–H groups in total. The molecule has 2 fully saturated rings. The van der Waals surface area contributed by atoms with Crippen LogP contribution in [-0.2, 0) is 9.53 Å². The Morgan fingerprint density at radius 3 is 3.00 bits per heavy atom. The summed E-state index contributed by atoms with van der Waals surface area (Å²) in [6.07, 6.45) is 9.79. The zero-order valence-electron chi connectivity index (χ0n) is 8.74. The summed E-state index contributed by atoms with van der Waals surface area (Å²) >= 11 is 0. The Hall–Kier alpha value is -0.790. The molecule has 2 heteroatoms. The average Bonchev–Trinajstić information content (AvgIpc) is 2.42. The van der Waals surface area contributed by atoms with Gasteiger partial charge in [0.1, 0.15) is 6.10 Å². The largest absolute Gasteiger partial charge is 0.462 e. The van der Waals surface area contributed by atoms with E-state index in [1.807, 2.05) is 0 Å². The highest BCUT2D eigenvalue weighted by atomic mass is 16.5. The molecule has 2 nitrogen and oxygen atoms in total. The summed E-state index contributed by atoms with van der Waals surface area (Å²) < 4.78 is 5.35. The van der Waals surface area contributed by atoms with Crippen LogP contribution in [0, 0.1) is 11.8 Å². The fourth-order valence-electron chi connectivity index (χ4n) is 2.71. The monoisotopic (exact) mass is 194 g/mol. The number of fused-ring (bicyclic) bond motifs is 2. The number of allylic oxidation sites excluding steroid dienone is 2. The number of esters is 1. The molecule has 1 saturated carbocycles. The standard InChI is InChI=1S/C12H18O2/c1-2-3-4-5-10-9-6-7-11(10)14-12(13)8-9/h3-4,9-11H,2,5-8H2,1H3/b4-3-/t9-,10+,11-/m1/s1. The first kappa shape index (κ1) is 9.75. The number of carbonyl (C=O) groups is 1. The predicted octanol–water partition coefficient (Wildman–Crippen LogP) is 2.68. The first-order chi connectivity index (χ1) is 6.81. The predicted molar refractivity (Wildman–Crippen MR) is 54.8 cm³/mol. The van der Waals surface area contributed by atoms with Crippen LogP contribution in [0.2, 0.25) is 0 Å². The van der Waals surface area contributed by atoms with E-state index < -0.39 is 0 Å². The van der Waals surface area contributed by atoms with Crippen LogP contribution in [0.1, 0.15) is 39.0 Å². The molecule has 78 valence electrons. The van der Waals surface area contributed by atoms with Crippen molar-refractivity contribution in [2.45, 2.75) is 45.1 Å². The molecule has 0 aromatic carbocycles. The second-order valence-corrected chi connectivity index (χ2v) is 4.35. The number of hydrogen-bond donors (Lipinski definition) is 0. The molecule has 2 aliphatic rings. The van der Waals surface area contributed by atoms with E-state index in [0.29, 0.717) is 18.3 Å². The van der Waals surface area contributed by atoms with Gasteiger partial charge >= 0.3 is 5.97 Å². The Bertz CT molecular complexity index is 229. The first-order valence-corrected chi connectivity index (χ1v) is 5.65. The van der Waals surface area contributed by atoms with Gasteiger partial charge in [0, 0.05) is 12.3 Å². The van der Waals surface area contributed by atoms with Crippen LogP contribution in [0.4, 0.5) is 0 Å². The van der Waals surface area contributed by atoms with Crippen LogP contribution in [-0.4, -0.2) is 12.1 Å². The topological polar surface area (TPSA) is 26.3 Å². The molecule has 0 spiro atoms. The summed E-state index contributed by atoms with van der Waals surface area (Å²) in [6, 6.07) is 0. The zero-order valence-corrected chi connectivity index (χ0v) is 8.74. The Kier molecular flexibility index (Phi) is 2.90. The van der Waals surface area contributed by atoms with Gasteiger partial charge < -0.3 is 4.74 Å².